The molecule has 0 aromatic carbocycles. The molecule has 1 N–H and O–H groups in total. The minimum atomic E-state index is -1.46. The van der Waals surface area contributed by atoms with Gasteiger partial charge >= 0.3 is 5.97 Å². The second kappa shape index (κ2) is 2.86. The van der Waals surface area contributed by atoms with E-state index in [1.807, 2.05) is 0 Å². The zero-order valence-electron chi connectivity index (χ0n) is 4.75. The Kier molecular flexibility index (Phi) is 2.44. The molecular formula is C5H5O4-. The Bertz CT molecular complexity index is 168. The monoisotopic (exact) mass is 129 g/mol. The molecule has 0 saturated carbocycles. The van der Waals surface area contributed by atoms with Gasteiger partial charge < -0.3 is 15.0 Å². The topological polar surface area (TPSA) is 77.4 Å². The number of carbonyl (C=O) groups is 2. The van der Waals surface area contributed by atoms with Gasteiger partial charge in [-0.15, -0.1) is 0 Å². The molecule has 0 amide bonds. The van der Waals surface area contributed by atoms with Crippen LogP contribution in [0.4, 0.5) is 0 Å². The highest BCUT2D eigenvalue weighted by atomic mass is 16.4. The van der Waals surface area contributed by atoms with E-state index >= 15 is 0 Å². The summed E-state index contributed by atoms with van der Waals surface area (Å²) < 4.78 is 0. The molecule has 0 fully saturated rings. The molecule has 0 radical (unpaired) electrons. The Morgan fingerprint density at radius 1 is 1.56 bits per heavy atom. The van der Waals surface area contributed by atoms with E-state index < -0.39 is 11.9 Å². The smallest absolute Gasteiger partial charge is 0.328 e. The molecular weight excluding hydrogens is 124 g/mol. The molecule has 0 bridgehead atoms. The van der Waals surface area contributed by atoms with Crippen LogP contribution in [0.25, 0.3) is 0 Å². The molecule has 0 aromatic rings. The van der Waals surface area contributed by atoms with Gasteiger partial charge in [-0.1, -0.05) is 0 Å². The van der Waals surface area contributed by atoms with Crippen molar-refractivity contribution in [1.82, 2.24) is 0 Å². The number of hydrogen-bond donors (Lipinski definition) is 1. The first-order valence-corrected chi connectivity index (χ1v) is 2.16. The zero-order valence-corrected chi connectivity index (χ0v) is 4.75. The first-order chi connectivity index (χ1) is 4.04. The largest absolute Gasteiger partial charge is 0.545 e. The number of hydrogen-bond acceptors (Lipinski definition) is 3. The third-order valence-corrected chi connectivity index (χ3v) is 0.662. The van der Waals surface area contributed by atoms with Crippen LogP contribution in [0.3, 0.4) is 0 Å². The predicted molar refractivity (Wildman–Crippen MR) is 26.4 cm³/mol. The van der Waals surface area contributed by atoms with Gasteiger partial charge in [-0.3, -0.25) is 0 Å². The summed E-state index contributed by atoms with van der Waals surface area (Å²) in [6, 6.07) is 0. The van der Waals surface area contributed by atoms with Crippen molar-refractivity contribution in [2.75, 3.05) is 0 Å². The lowest BCUT2D eigenvalue weighted by Gasteiger charge is -1.96. The maximum Gasteiger partial charge on any atom is 0.328 e. The van der Waals surface area contributed by atoms with E-state index in [1.165, 1.54) is 0 Å². The average molecular weight is 129 g/mol. The Hall–Kier alpha value is -1.32. The van der Waals surface area contributed by atoms with Crippen molar-refractivity contribution in [2.24, 2.45) is 0 Å². The average Bonchev–Trinajstić information content (AvgIpc) is 1.63. The van der Waals surface area contributed by atoms with Crippen LogP contribution in [0.5, 0.6) is 0 Å². The van der Waals surface area contributed by atoms with Crippen molar-refractivity contribution in [1.29, 1.82) is 0 Å². The standard InChI is InChI=1S/C5H6O4/c1-3(5(8)9)2-4(6)7/h2H,1H3,(H,6,7)(H,8,9)/p-1/b3-2-. The molecule has 0 rings (SSSR count). The van der Waals surface area contributed by atoms with E-state index in [-0.39, 0.29) is 5.57 Å². The molecule has 0 aliphatic heterocycles. The summed E-state index contributed by atoms with van der Waals surface area (Å²) in [5.74, 6) is -2.74. The maximum absolute atomic E-state index is 9.79. The number of rotatable bonds is 2. The fourth-order valence-corrected chi connectivity index (χ4v) is 0.244. The van der Waals surface area contributed by atoms with Crippen LogP contribution in [0.2, 0.25) is 0 Å². The second-order valence-electron chi connectivity index (χ2n) is 1.45. The lowest BCUT2D eigenvalue weighted by Crippen LogP contribution is -2.23. The van der Waals surface area contributed by atoms with Crippen molar-refractivity contribution in [3.8, 4) is 0 Å². The van der Waals surface area contributed by atoms with Gasteiger partial charge in [-0.25, -0.2) is 4.79 Å². The van der Waals surface area contributed by atoms with Crippen molar-refractivity contribution >= 4 is 11.9 Å². The maximum atomic E-state index is 9.79. The van der Waals surface area contributed by atoms with Crippen LogP contribution >= 0.6 is 0 Å². The quantitative estimate of drug-likeness (QED) is 0.473. The highest BCUT2D eigenvalue weighted by molar-refractivity contribution is 5.92. The Labute approximate surface area is 51.4 Å². The summed E-state index contributed by atoms with van der Waals surface area (Å²) in [5, 5.41) is 17.8. The summed E-state index contributed by atoms with van der Waals surface area (Å²) in [4.78, 5) is 19.5. The van der Waals surface area contributed by atoms with E-state index in [2.05, 4.69) is 0 Å². The van der Waals surface area contributed by atoms with Gasteiger partial charge in [0.25, 0.3) is 0 Å². The molecule has 50 valence electrons. The van der Waals surface area contributed by atoms with E-state index in [1.54, 1.807) is 0 Å². The Morgan fingerprint density at radius 3 is 2.11 bits per heavy atom. The van der Waals surface area contributed by atoms with E-state index in [0.717, 1.165) is 6.92 Å². The Balaban J connectivity index is 4.17. The van der Waals surface area contributed by atoms with Crippen molar-refractivity contribution < 1.29 is 19.8 Å². The Morgan fingerprint density at radius 2 is 2.00 bits per heavy atom. The van der Waals surface area contributed by atoms with Crippen LogP contribution in [0.15, 0.2) is 11.6 Å². The predicted octanol–water partition coefficient (Wildman–Crippen LogP) is -1.23. The van der Waals surface area contributed by atoms with Crippen LogP contribution in [0, 0.1) is 0 Å². The van der Waals surface area contributed by atoms with Gasteiger partial charge in [-0.05, 0) is 12.5 Å². The minimum absolute atomic E-state index is 0.289. The molecule has 0 unspecified atom stereocenters. The molecule has 0 heterocycles. The van der Waals surface area contributed by atoms with Gasteiger partial charge in [0.05, 0.1) is 5.97 Å². The highest BCUT2D eigenvalue weighted by Crippen LogP contribution is 1.87. The SMILES string of the molecule is C/C(=C/C(=O)O)C(=O)[O-]. The third-order valence-electron chi connectivity index (χ3n) is 0.662. The number of carboxylic acids is 2. The molecule has 0 saturated heterocycles. The molecule has 4 heteroatoms. The van der Waals surface area contributed by atoms with Crippen LogP contribution in [-0.2, 0) is 9.59 Å². The van der Waals surface area contributed by atoms with Gasteiger partial charge in [0.15, 0.2) is 0 Å². The first-order valence-electron chi connectivity index (χ1n) is 2.16. The van der Waals surface area contributed by atoms with Crippen molar-refractivity contribution in [2.45, 2.75) is 6.92 Å². The molecule has 0 aromatic heterocycles. The highest BCUT2D eigenvalue weighted by Gasteiger charge is 1.92. The molecule has 0 aliphatic rings. The summed E-state index contributed by atoms with van der Waals surface area (Å²) in [6.07, 6.45) is 0.579. The van der Waals surface area contributed by atoms with Crippen LogP contribution in [-0.4, -0.2) is 17.0 Å². The number of carbonyl (C=O) groups excluding carboxylic acids is 1. The fourth-order valence-electron chi connectivity index (χ4n) is 0.244. The summed E-state index contributed by atoms with van der Waals surface area (Å²) in [6.45, 7) is 1.16. The minimum Gasteiger partial charge on any atom is -0.545 e. The van der Waals surface area contributed by atoms with Gasteiger partial charge in [0.2, 0.25) is 0 Å². The van der Waals surface area contributed by atoms with E-state index in [4.69, 9.17) is 5.11 Å². The fraction of sp³-hybridized carbons (Fsp3) is 0.200. The molecule has 0 atom stereocenters. The van der Waals surface area contributed by atoms with Gasteiger partial charge in [0.1, 0.15) is 0 Å². The van der Waals surface area contributed by atoms with Gasteiger partial charge in [0, 0.05) is 6.08 Å². The third kappa shape index (κ3) is 3.28. The lowest BCUT2D eigenvalue weighted by atomic mass is 10.3. The molecule has 0 aliphatic carbocycles. The zero-order chi connectivity index (χ0) is 7.44. The van der Waals surface area contributed by atoms with Gasteiger partial charge in [-0.2, -0.15) is 0 Å². The molecule has 9 heavy (non-hydrogen) atoms. The van der Waals surface area contributed by atoms with E-state index in [0.29, 0.717) is 6.08 Å². The summed E-state index contributed by atoms with van der Waals surface area (Å²) in [7, 11) is 0. The number of aliphatic carboxylic acids is 2. The lowest BCUT2D eigenvalue weighted by molar-refractivity contribution is -0.299. The van der Waals surface area contributed by atoms with Crippen molar-refractivity contribution in [3.63, 3.8) is 0 Å². The molecule has 4 nitrogen and oxygen atoms in total. The summed E-state index contributed by atoms with van der Waals surface area (Å²) in [5.41, 5.74) is -0.289. The summed E-state index contributed by atoms with van der Waals surface area (Å²) >= 11 is 0. The normalized spacial score (nSPS) is 11.0. The van der Waals surface area contributed by atoms with Crippen LogP contribution < -0.4 is 5.11 Å². The van der Waals surface area contributed by atoms with Crippen LogP contribution in [0.1, 0.15) is 6.92 Å². The van der Waals surface area contributed by atoms with E-state index in [9.17, 15) is 14.7 Å². The number of carboxylic acid groups (broad SMARTS) is 2. The molecule has 0 spiro atoms. The first kappa shape index (κ1) is 7.68. The van der Waals surface area contributed by atoms with Crippen molar-refractivity contribution in [3.05, 3.63) is 11.6 Å². The second-order valence-corrected chi connectivity index (χ2v) is 1.45.